The van der Waals surface area contributed by atoms with Crippen LogP contribution >= 0.6 is 0 Å². The lowest BCUT2D eigenvalue weighted by molar-refractivity contribution is -0.134. The molecular weight excluding hydrogens is 412 g/mol. The predicted octanol–water partition coefficient (Wildman–Crippen LogP) is 2.81. The number of carbonyl (C=O) groups is 2. The number of carboxylic acids is 2. The summed E-state index contributed by atoms with van der Waals surface area (Å²) in [5.41, 5.74) is 3.08. The Labute approximate surface area is 184 Å². The van der Waals surface area contributed by atoms with Crippen LogP contribution in [0.3, 0.4) is 0 Å². The second-order valence-corrected chi connectivity index (χ2v) is 7.81. The van der Waals surface area contributed by atoms with E-state index in [0.717, 1.165) is 28.7 Å². The largest absolute Gasteiger partial charge is 0.478 e. The number of fused-ring (bicyclic) bond motifs is 4. The lowest BCUT2D eigenvalue weighted by Crippen LogP contribution is -2.52. The fourth-order valence-corrected chi connectivity index (χ4v) is 4.18. The van der Waals surface area contributed by atoms with E-state index in [-0.39, 0.29) is 6.10 Å². The number of piperidine rings is 3. The number of nitrogens with zero attached hydrogens (tertiary/aromatic N) is 3. The van der Waals surface area contributed by atoms with Crippen LogP contribution in [0.5, 0.6) is 5.88 Å². The first-order chi connectivity index (χ1) is 15.5. The number of ether oxygens (including phenoxy) is 1. The van der Waals surface area contributed by atoms with Crippen LogP contribution in [0.2, 0.25) is 0 Å². The Hall–Kier alpha value is -3.72. The molecule has 2 aromatic heterocycles. The third kappa shape index (κ3) is 5.12. The second kappa shape index (κ2) is 9.61. The van der Waals surface area contributed by atoms with Crippen LogP contribution in [0.1, 0.15) is 12.8 Å². The summed E-state index contributed by atoms with van der Waals surface area (Å²) >= 11 is 0. The van der Waals surface area contributed by atoms with Crippen LogP contribution in [0.15, 0.2) is 54.7 Å². The average molecular weight is 436 g/mol. The summed E-state index contributed by atoms with van der Waals surface area (Å²) < 4.78 is 6.13. The van der Waals surface area contributed by atoms with Gasteiger partial charge in [-0.15, -0.1) is 10.2 Å². The monoisotopic (exact) mass is 436 g/mol. The molecule has 0 saturated carbocycles. The van der Waals surface area contributed by atoms with Crippen molar-refractivity contribution in [1.29, 1.82) is 0 Å². The molecule has 0 amide bonds. The topological polar surface area (TPSA) is 129 Å². The van der Waals surface area contributed by atoms with Crippen molar-refractivity contribution in [3.05, 3.63) is 54.7 Å². The summed E-state index contributed by atoms with van der Waals surface area (Å²) in [5, 5.41) is 25.5. The zero-order valence-corrected chi connectivity index (χ0v) is 17.3. The van der Waals surface area contributed by atoms with E-state index in [9.17, 15) is 9.59 Å². The molecule has 0 radical (unpaired) electrons. The zero-order valence-electron chi connectivity index (χ0n) is 17.3. The first kappa shape index (κ1) is 21.5. The maximum atomic E-state index is 9.55. The van der Waals surface area contributed by atoms with E-state index in [1.165, 1.54) is 25.9 Å². The van der Waals surface area contributed by atoms with Crippen molar-refractivity contribution in [2.75, 3.05) is 19.6 Å². The van der Waals surface area contributed by atoms with Gasteiger partial charge >= 0.3 is 11.9 Å². The third-order valence-corrected chi connectivity index (χ3v) is 5.75. The molecule has 166 valence electrons. The number of rotatable bonds is 5. The van der Waals surface area contributed by atoms with Crippen molar-refractivity contribution in [3.63, 3.8) is 0 Å². The Morgan fingerprint density at radius 1 is 1.03 bits per heavy atom. The van der Waals surface area contributed by atoms with Gasteiger partial charge in [0.05, 0.1) is 5.69 Å². The third-order valence-electron chi connectivity index (χ3n) is 5.75. The Balaban J connectivity index is 0.000000265. The summed E-state index contributed by atoms with van der Waals surface area (Å²) in [6, 6.07) is 12.2. The van der Waals surface area contributed by atoms with Crippen molar-refractivity contribution in [2.45, 2.75) is 18.9 Å². The van der Waals surface area contributed by atoms with Gasteiger partial charge in [-0.05, 0) is 50.0 Å². The Bertz CT molecular complexity index is 1100. The fourth-order valence-electron chi connectivity index (χ4n) is 4.18. The number of aliphatic carboxylic acids is 2. The standard InChI is InChI=1S/C19H20N4O.C4H4O4/c1-2-14(15-6-9-20-16(15)3-1)17-4-5-19(22-21-17)24-18-12-23-10-7-13(18)8-11-23;5-3(6)1-2-4(7)8/h1-6,9,13,18,20H,7-8,10-12H2;1-2H,(H,5,6)(H,7,8). The predicted molar refractivity (Wildman–Crippen MR) is 117 cm³/mol. The second-order valence-electron chi connectivity index (χ2n) is 7.81. The number of benzene rings is 1. The van der Waals surface area contributed by atoms with Gasteiger partial charge in [0.15, 0.2) is 0 Å². The summed E-state index contributed by atoms with van der Waals surface area (Å²) in [7, 11) is 0. The molecule has 0 spiro atoms. The highest BCUT2D eigenvalue weighted by Crippen LogP contribution is 2.31. The van der Waals surface area contributed by atoms with Gasteiger partial charge in [-0.3, -0.25) is 4.90 Å². The van der Waals surface area contributed by atoms with Gasteiger partial charge in [0.25, 0.3) is 0 Å². The lowest BCUT2D eigenvalue weighted by Gasteiger charge is -2.44. The Morgan fingerprint density at radius 2 is 1.78 bits per heavy atom. The molecule has 6 rings (SSSR count). The molecule has 32 heavy (non-hydrogen) atoms. The maximum absolute atomic E-state index is 9.55. The highest BCUT2D eigenvalue weighted by molar-refractivity contribution is 5.94. The number of hydrogen-bond acceptors (Lipinski definition) is 6. The van der Waals surface area contributed by atoms with E-state index < -0.39 is 11.9 Å². The van der Waals surface area contributed by atoms with Crippen LogP contribution in [-0.2, 0) is 9.59 Å². The van der Waals surface area contributed by atoms with E-state index in [1.807, 2.05) is 24.4 Å². The average Bonchev–Trinajstić information content (AvgIpc) is 3.29. The van der Waals surface area contributed by atoms with Crippen LogP contribution in [0, 0.1) is 5.92 Å². The summed E-state index contributed by atoms with van der Waals surface area (Å²) in [6.45, 7) is 3.46. The lowest BCUT2D eigenvalue weighted by atomic mass is 9.86. The molecule has 3 aliphatic rings. The summed E-state index contributed by atoms with van der Waals surface area (Å²) in [4.78, 5) is 24.8. The molecule has 1 unspecified atom stereocenters. The minimum absolute atomic E-state index is 0.265. The SMILES string of the molecule is O=C(O)C=CC(=O)O.c1cc(-c2ccc(OC3CN4CCC3CC4)nn2)c2cc[nH]c2c1. The summed E-state index contributed by atoms with van der Waals surface area (Å²) in [6.07, 6.45) is 5.81. The van der Waals surface area contributed by atoms with Crippen molar-refractivity contribution < 1.29 is 24.5 Å². The van der Waals surface area contributed by atoms with Crippen LogP contribution in [-0.4, -0.2) is 68.0 Å². The molecule has 3 aromatic rings. The van der Waals surface area contributed by atoms with E-state index in [1.54, 1.807) is 0 Å². The van der Waals surface area contributed by atoms with Crippen molar-refractivity contribution >= 4 is 22.8 Å². The van der Waals surface area contributed by atoms with E-state index >= 15 is 0 Å². The molecule has 1 aromatic carbocycles. The van der Waals surface area contributed by atoms with Gasteiger partial charge in [0.2, 0.25) is 5.88 Å². The minimum Gasteiger partial charge on any atom is -0.478 e. The number of nitrogens with one attached hydrogen (secondary N) is 1. The number of hydrogen-bond donors (Lipinski definition) is 3. The Kier molecular flexibility index (Phi) is 6.46. The molecule has 3 N–H and O–H groups in total. The summed E-state index contributed by atoms with van der Waals surface area (Å²) in [5.74, 6) is -1.20. The molecule has 9 nitrogen and oxygen atoms in total. The fraction of sp³-hybridized carbons (Fsp3) is 0.304. The highest BCUT2D eigenvalue weighted by atomic mass is 16.5. The number of carboxylic acid groups (broad SMARTS) is 2. The molecule has 5 heterocycles. The first-order valence-corrected chi connectivity index (χ1v) is 10.4. The van der Waals surface area contributed by atoms with E-state index in [0.29, 0.717) is 23.9 Å². The zero-order chi connectivity index (χ0) is 22.5. The van der Waals surface area contributed by atoms with Crippen LogP contribution < -0.4 is 4.74 Å². The van der Waals surface area contributed by atoms with Gasteiger partial charge in [-0.1, -0.05) is 12.1 Å². The highest BCUT2D eigenvalue weighted by Gasteiger charge is 2.35. The molecule has 0 aliphatic carbocycles. The van der Waals surface area contributed by atoms with Crippen molar-refractivity contribution in [3.8, 4) is 17.1 Å². The molecule has 3 saturated heterocycles. The van der Waals surface area contributed by atoms with Crippen molar-refractivity contribution in [2.24, 2.45) is 5.92 Å². The van der Waals surface area contributed by atoms with Crippen molar-refractivity contribution in [1.82, 2.24) is 20.1 Å². The Morgan fingerprint density at radius 3 is 2.38 bits per heavy atom. The number of aromatic nitrogens is 3. The van der Waals surface area contributed by atoms with E-state index in [2.05, 4.69) is 38.3 Å². The van der Waals surface area contributed by atoms with Crippen LogP contribution in [0.25, 0.3) is 22.2 Å². The van der Waals surface area contributed by atoms with Crippen LogP contribution in [0.4, 0.5) is 0 Å². The van der Waals surface area contributed by atoms with Gasteiger partial charge < -0.3 is 19.9 Å². The first-order valence-electron chi connectivity index (χ1n) is 10.4. The van der Waals surface area contributed by atoms with Gasteiger partial charge in [0.1, 0.15) is 6.10 Å². The molecule has 2 bridgehead atoms. The maximum Gasteiger partial charge on any atom is 0.328 e. The molecular formula is C23H24N4O5. The van der Waals surface area contributed by atoms with E-state index in [4.69, 9.17) is 14.9 Å². The van der Waals surface area contributed by atoms with Gasteiger partial charge in [0, 0.05) is 47.4 Å². The number of aromatic amines is 1. The van der Waals surface area contributed by atoms with Gasteiger partial charge in [-0.2, -0.15) is 0 Å². The smallest absolute Gasteiger partial charge is 0.328 e. The molecule has 9 heteroatoms. The van der Waals surface area contributed by atoms with Gasteiger partial charge in [-0.25, -0.2) is 9.59 Å². The number of H-pyrrole nitrogens is 1. The minimum atomic E-state index is -1.26. The molecule has 3 aliphatic heterocycles. The molecule has 1 atom stereocenters. The quantitative estimate of drug-likeness (QED) is 0.521. The molecule has 3 fully saturated rings. The normalized spacial score (nSPS) is 21.8.